The van der Waals surface area contributed by atoms with Gasteiger partial charge in [0, 0.05) is 32.3 Å². The van der Waals surface area contributed by atoms with Crippen molar-refractivity contribution >= 4 is 65.0 Å². The summed E-state index contributed by atoms with van der Waals surface area (Å²) >= 11 is 1.79. The van der Waals surface area contributed by atoms with Crippen LogP contribution in [0.1, 0.15) is 11.1 Å². The molecule has 0 aliphatic heterocycles. The van der Waals surface area contributed by atoms with Crippen LogP contribution in [-0.4, -0.2) is 11.9 Å². The highest BCUT2D eigenvalue weighted by molar-refractivity contribution is 7.26. The van der Waals surface area contributed by atoms with E-state index in [1.165, 1.54) is 43.1 Å². The van der Waals surface area contributed by atoms with E-state index in [0.717, 1.165) is 44.2 Å². The maximum Gasteiger partial charge on any atom is 0.335 e. The molecule has 0 saturated carbocycles. The fraction of sp³-hybridized carbons (Fsp3) is 0.0500. The molecule has 0 fully saturated rings. The zero-order chi connectivity index (χ0) is 31.2. The molecule has 1 heterocycles. The molecule has 0 amide bonds. The molecule has 45 heavy (non-hydrogen) atoms. The summed E-state index contributed by atoms with van der Waals surface area (Å²) in [4.78, 5) is 23.6. The molecular weight excluding hydrogens is 577 g/mol. The zero-order valence-corrected chi connectivity index (χ0v) is 25.7. The molecule has 0 bridgehead atoms. The molecule has 4 nitrogen and oxygen atoms in total. The molecule has 218 valence electrons. The van der Waals surface area contributed by atoms with Crippen LogP contribution >= 0.6 is 11.3 Å². The van der Waals surface area contributed by atoms with Gasteiger partial charge in [-0.05, 0) is 105 Å². The number of ether oxygens (including phenoxy) is 2. The predicted molar refractivity (Wildman–Crippen MR) is 186 cm³/mol. The van der Waals surface area contributed by atoms with Gasteiger partial charge in [-0.15, -0.1) is 11.3 Å². The van der Waals surface area contributed by atoms with Gasteiger partial charge < -0.3 is 9.47 Å². The average molecular weight is 605 g/mol. The summed E-state index contributed by atoms with van der Waals surface area (Å²) in [6, 6.07) is 33.2. The molecule has 5 heteroatoms. The standard InChI is InChI=1S/C40H28O4S/c1-5-37(41)43-25-15-17-27(23(3)19-25)33-21-35-39(31-13-9-7-11-29(31)33)40-32-14-10-8-12-30(32)34(22-36(40)45-35)28-18-16-26(20-24(28)4)44-38(42)6-2/h5-22H,1-2H2,3-4H3. The molecule has 0 saturated heterocycles. The second kappa shape index (κ2) is 11.2. The lowest BCUT2D eigenvalue weighted by molar-refractivity contribution is -0.129. The molecule has 7 aromatic rings. The molecule has 7 rings (SSSR count). The zero-order valence-electron chi connectivity index (χ0n) is 24.8. The Balaban J connectivity index is 1.47. The topological polar surface area (TPSA) is 52.6 Å². The van der Waals surface area contributed by atoms with E-state index in [9.17, 15) is 9.59 Å². The van der Waals surface area contributed by atoms with Crippen molar-refractivity contribution in [2.45, 2.75) is 13.8 Å². The van der Waals surface area contributed by atoms with Gasteiger partial charge in [0.2, 0.25) is 0 Å². The van der Waals surface area contributed by atoms with E-state index in [1.54, 1.807) is 11.3 Å². The SMILES string of the molecule is C=CC(=O)Oc1ccc(-c2cc3sc4cc(-c5ccc(OC(=O)C=C)cc5C)c5ccccc5c4c3c3ccccc23)c(C)c1. The fourth-order valence-electron chi connectivity index (χ4n) is 6.26. The summed E-state index contributed by atoms with van der Waals surface area (Å²) in [6.07, 6.45) is 2.33. The van der Waals surface area contributed by atoms with Gasteiger partial charge in [-0.2, -0.15) is 0 Å². The van der Waals surface area contributed by atoms with Gasteiger partial charge >= 0.3 is 11.9 Å². The Bertz CT molecular complexity index is 2210. The van der Waals surface area contributed by atoms with Crippen molar-refractivity contribution in [1.29, 1.82) is 0 Å². The smallest absolute Gasteiger partial charge is 0.335 e. The normalized spacial score (nSPS) is 11.2. The van der Waals surface area contributed by atoms with Crippen LogP contribution in [0, 0.1) is 13.8 Å². The average Bonchev–Trinajstić information content (AvgIpc) is 3.43. The number of rotatable bonds is 6. The third-order valence-electron chi connectivity index (χ3n) is 8.23. The largest absolute Gasteiger partial charge is 0.423 e. The molecule has 0 spiro atoms. The van der Waals surface area contributed by atoms with Gasteiger partial charge in [0.25, 0.3) is 0 Å². The molecule has 0 aliphatic rings. The van der Waals surface area contributed by atoms with Crippen LogP contribution in [0.4, 0.5) is 0 Å². The van der Waals surface area contributed by atoms with Crippen molar-refractivity contribution in [3.8, 4) is 33.8 Å². The summed E-state index contributed by atoms with van der Waals surface area (Å²) in [5.41, 5.74) is 6.47. The first-order valence-corrected chi connectivity index (χ1v) is 15.4. The van der Waals surface area contributed by atoms with Crippen LogP contribution in [0.5, 0.6) is 11.5 Å². The highest BCUT2D eigenvalue weighted by Crippen LogP contribution is 2.48. The molecule has 6 aromatic carbocycles. The maximum atomic E-state index is 11.8. The van der Waals surface area contributed by atoms with Gasteiger partial charge in [0.15, 0.2) is 0 Å². The highest BCUT2D eigenvalue weighted by Gasteiger charge is 2.19. The third-order valence-corrected chi connectivity index (χ3v) is 9.32. The summed E-state index contributed by atoms with van der Waals surface area (Å²) < 4.78 is 13.2. The lowest BCUT2D eigenvalue weighted by atomic mass is 9.90. The number of aryl methyl sites for hydroxylation is 2. The number of carbonyl (C=O) groups is 2. The van der Waals surface area contributed by atoms with Crippen LogP contribution < -0.4 is 9.47 Å². The predicted octanol–water partition coefficient (Wildman–Crippen LogP) is 10.5. The first-order valence-electron chi connectivity index (χ1n) is 14.6. The second-order valence-electron chi connectivity index (χ2n) is 11.0. The Morgan fingerprint density at radius 2 is 0.956 bits per heavy atom. The van der Waals surface area contributed by atoms with Crippen molar-refractivity contribution in [2.24, 2.45) is 0 Å². The summed E-state index contributed by atoms with van der Waals surface area (Å²) in [6.45, 7) is 11.1. The molecular formula is C40H28O4S. The van der Waals surface area contributed by atoms with E-state index in [0.29, 0.717) is 11.5 Å². The molecule has 0 radical (unpaired) electrons. The van der Waals surface area contributed by atoms with Crippen molar-refractivity contribution in [2.75, 3.05) is 0 Å². The number of fused-ring (bicyclic) bond motifs is 7. The third kappa shape index (κ3) is 4.88. The Morgan fingerprint density at radius 1 is 0.556 bits per heavy atom. The first kappa shape index (κ1) is 28.3. The number of benzene rings is 6. The van der Waals surface area contributed by atoms with Gasteiger partial charge in [0.1, 0.15) is 11.5 Å². The van der Waals surface area contributed by atoms with Crippen molar-refractivity contribution in [1.82, 2.24) is 0 Å². The van der Waals surface area contributed by atoms with E-state index < -0.39 is 11.9 Å². The Morgan fingerprint density at radius 3 is 1.33 bits per heavy atom. The summed E-state index contributed by atoms with van der Waals surface area (Å²) in [7, 11) is 0. The molecule has 0 unspecified atom stereocenters. The monoisotopic (exact) mass is 604 g/mol. The summed E-state index contributed by atoms with van der Waals surface area (Å²) in [5, 5.41) is 7.21. The van der Waals surface area contributed by atoms with Gasteiger partial charge in [-0.25, -0.2) is 9.59 Å². The van der Waals surface area contributed by atoms with E-state index in [-0.39, 0.29) is 0 Å². The minimum absolute atomic E-state index is 0.479. The van der Waals surface area contributed by atoms with Crippen LogP contribution in [0.15, 0.2) is 122 Å². The Kier molecular flexibility index (Phi) is 7.03. The maximum absolute atomic E-state index is 11.8. The van der Waals surface area contributed by atoms with Crippen molar-refractivity contribution < 1.29 is 19.1 Å². The van der Waals surface area contributed by atoms with Gasteiger partial charge in [0.05, 0.1) is 0 Å². The number of hydrogen-bond donors (Lipinski definition) is 0. The molecule has 0 atom stereocenters. The van der Waals surface area contributed by atoms with E-state index in [2.05, 4.69) is 73.8 Å². The number of hydrogen-bond acceptors (Lipinski definition) is 5. The molecule has 0 aliphatic carbocycles. The quantitative estimate of drug-likeness (QED) is 0.108. The molecule has 1 aromatic heterocycles. The minimum Gasteiger partial charge on any atom is -0.423 e. The Labute approximate surface area is 264 Å². The molecule has 0 N–H and O–H groups in total. The second-order valence-corrected chi connectivity index (χ2v) is 12.1. The van der Waals surface area contributed by atoms with E-state index >= 15 is 0 Å². The number of carbonyl (C=O) groups excluding carboxylic acids is 2. The number of esters is 2. The Hall–Kier alpha value is -5.52. The van der Waals surface area contributed by atoms with Crippen LogP contribution in [-0.2, 0) is 9.59 Å². The first-order chi connectivity index (χ1) is 21.9. The van der Waals surface area contributed by atoms with Gasteiger partial charge in [-0.3, -0.25) is 0 Å². The van der Waals surface area contributed by atoms with Crippen molar-refractivity contribution in [3.05, 3.63) is 133 Å². The van der Waals surface area contributed by atoms with Crippen LogP contribution in [0.3, 0.4) is 0 Å². The number of thiophene rings is 1. The highest BCUT2D eigenvalue weighted by atomic mass is 32.1. The lowest BCUT2D eigenvalue weighted by Gasteiger charge is -2.14. The van der Waals surface area contributed by atoms with Crippen molar-refractivity contribution in [3.63, 3.8) is 0 Å². The van der Waals surface area contributed by atoms with E-state index in [1.807, 2.05) is 50.2 Å². The lowest BCUT2D eigenvalue weighted by Crippen LogP contribution is -2.03. The van der Waals surface area contributed by atoms with Crippen LogP contribution in [0.2, 0.25) is 0 Å². The van der Waals surface area contributed by atoms with Crippen LogP contribution in [0.25, 0.3) is 64.0 Å². The van der Waals surface area contributed by atoms with E-state index in [4.69, 9.17) is 9.47 Å². The fourth-order valence-corrected chi connectivity index (χ4v) is 7.48. The van der Waals surface area contributed by atoms with Gasteiger partial charge in [-0.1, -0.05) is 73.8 Å². The minimum atomic E-state index is -0.479. The summed E-state index contributed by atoms with van der Waals surface area (Å²) in [5.74, 6) is 0.0329.